The molecule has 0 aromatic heterocycles. The lowest BCUT2D eigenvalue weighted by Crippen LogP contribution is -2.17. The SMILES string of the molecule is CC(C)(C)c1cc(C=NCCSc2cc(C(C)(C)C)cc(C(C)(C)C)c2O)c(O)c(C(C)(C)C)c1. The molecule has 4 heteroatoms. The first-order chi connectivity index (χ1) is 15.7. The van der Waals surface area contributed by atoms with Crippen LogP contribution in [0.5, 0.6) is 11.5 Å². The monoisotopic (exact) mass is 497 g/mol. The van der Waals surface area contributed by atoms with E-state index in [1.807, 2.05) is 0 Å². The van der Waals surface area contributed by atoms with Crippen LogP contribution in [-0.4, -0.2) is 28.7 Å². The number of thioether (sulfide) groups is 1. The predicted octanol–water partition coefficient (Wildman–Crippen LogP) is 8.50. The van der Waals surface area contributed by atoms with Crippen molar-refractivity contribution >= 4 is 18.0 Å². The fourth-order valence-electron chi connectivity index (χ4n) is 3.85. The van der Waals surface area contributed by atoms with Gasteiger partial charge in [0.1, 0.15) is 11.5 Å². The van der Waals surface area contributed by atoms with Crippen LogP contribution in [0.3, 0.4) is 0 Å². The molecule has 0 fully saturated rings. The third-order valence-corrected chi connectivity index (χ3v) is 7.28. The fourth-order valence-corrected chi connectivity index (χ4v) is 4.73. The van der Waals surface area contributed by atoms with Gasteiger partial charge in [-0.3, -0.25) is 4.99 Å². The van der Waals surface area contributed by atoms with Crippen molar-refractivity contribution in [2.45, 2.75) is 110 Å². The molecule has 0 atom stereocenters. The summed E-state index contributed by atoms with van der Waals surface area (Å²) in [6.07, 6.45) is 1.80. The minimum Gasteiger partial charge on any atom is -0.507 e. The first kappa shape index (κ1) is 29.3. The van der Waals surface area contributed by atoms with Gasteiger partial charge in [0.2, 0.25) is 0 Å². The Kier molecular flexibility index (Phi) is 8.54. The van der Waals surface area contributed by atoms with E-state index >= 15 is 0 Å². The van der Waals surface area contributed by atoms with E-state index in [0.29, 0.717) is 18.0 Å². The number of phenols is 2. The van der Waals surface area contributed by atoms with Crippen LogP contribution in [0.1, 0.15) is 111 Å². The molecule has 0 aliphatic heterocycles. The summed E-state index contributed by atoms with van der Waals surface area (Å²) < 4.78 is 0. The summed E-state index contributed by atoms with van der Waals surface area (Å²) >= 11 is 1.64. The zero-order valence-electron chi connectivity index (χ0n) is 24.1. The highest BCUT2D eigenvalue weighted by atomic mass is 32.2. The molecule has 35 heavy (non-hydrogen) atoms. The first-order valence-electron chi connectivity index (χ1n) is 12.6. The van der Waals surface area contributed by atoms with Gasteiger partial charge in [-0.05, 0) is 44.9 Å². The second-order valence-electron chi connectivity index (χ2n) is 13.7. The average molecular weight is 498 g/mol. The molecule has 0 unspecified atom stereocenters. The summed E-state index contributed by atoms with van der Waals surface area (Å²) in [6.45, 7) is 26.5. The summed E-state index contributed by atoms with van der Waals surface area (Å²) in [5, 5.41) is 22.0. The molecule has 0 radical (unpaired) electrons. The first-order valence-corrected chi connectivity index (χ1v) is 13.6. The molecule has 194 valence electrons. The molecule has 0 aliphatic rings. The van der Waals surface area contributed by atoms with Gasteiger partial charge in [0, 0.05) is 40.1 Å². The van der Waals surface area contributed by atoms with Crippen molar-refractivity contribution in [1.82, 2.24) is 0 Å². The Balaban J connectivity index is 2.28. The highest BCUT2D eigenvalue weighted by molar-refractivity contribution is 7.99. The van der Waals surface area contributed by atoms with Crippen molar-refractivity contribution in [3.63, 3.8) is 0 Å². The third-order valence-electron chi connectivity index (χ3n) is 6.27. The normalized spacial score (nSPS) is 13.6. The van der Waals surface area contributed by atoms with E-state index in [1.165, 1.54) is 11.1 Å². The summed E-state index contributed by atoms with van der Waals surface area (Å²) in [5.41, 5.74) is 4.78. The molecular weight excluding hydrogens is 450 g/mol. The largest absolute Gasteiger partial charge is 0.507 e. The average Bonchev–Trinajstić information content (AvgIpc) is 2.66. The molecule has 0 saturated heterocycles. The van der Waals surface area contributed by atoms with Crippen LogP contribution < -0.4 is 0 Å². The number of aromatic hydroxyl groups is 2. The van der Waals surface area contributed by atoms with E-state index in [4.69, 9.17) is 0 Å². The van der Waals surface area contributed by atoms with Crippen molar-refractivity contribution in [1.29, 1.82) is 0 Å². The highest BCUT2D eigenvalue weighted by Crippen LogP contribution is 2.42. The van der Waals surface area contributed by atoms with Gasteiger partial charge in [-0.25, -0.2) is 0 Å². The van der Waals surface area contributed by atoms with E-state index < -0.39 is 0 Å². The Morgan fingerprint density at radius 1 is 0.657 bits per heavy atom. The second-order valence-corrected chi connectivity index (χ2v) is 14.9. The quantitative estimate of drug-likeness (QED) is 0.247. The summed E-state index contributed by atoms with van der Waals surface area (Å²) in [6, 6.07) is 8.44. The maximum atomic E-state index is 11.0. The van der Waals surface area contributed by atoms with Gasteiger partial charge in [-0.15, -0.1) is 11.8 Å². The van der Waals surface area contributed by atoms with Crippen LogP contribution in [0.4, 0.5) is 0 Å². The minimum absolute atomic E-state index is 0.00151. The van der Waals surface area contributed by atoms with E-state index in [-0.39, 0.29) is 21.7 Å². The smallest absolute Gasteiger partial charge is 0.132 e. The third kappa shape index (κ3) is 7.52. The molecule has 3 nitrogen and oxygen atoms in total. The van der Waals surface area contributed by atoms with Gasteiger partial charge in [0.25, 0.3) is 0 Å². The van der Waals surface area contributed by atoms with Crippen LogP contribution in [0.25, 0.3) is 0 Å². The van der Waals surface area contributed by atoms with Crippen molar-refractivity contribution in [3.8, 4) is 11.5 Å². The van der Waals surface area contributed by atoms with Crippen LogP contribution in [0, 0.1) is 0 Å². The number of nitrogens with zero attached hydrogens (tertiary/aromatic N) is 1. The topological polar surface area (TPSA) is 52.8 Å². The Bertz CT molecular complexity index is 1070. The lowest BCUT2D eigenvalue weighted by atomic mass is 9.79. The van der Waals surface area contributed by atoms with Gasteiger partial charge in [-0.1, -0.05) is 95.2 Å². The fraction of sp³-hybridized carbons (Fsp3) is 0.581. The zero-order valence-corrected chi connectivity index (χ0v) is 24.9. The highest BCUT2D eigenvalue weighted by Gasteiger charge is 2.26. The Morgan fingerprint density at radius 3 is 1.57 bits per heavy atom. The minimum atomic E-state index is -0.163. The molecular formula is C31H47NO2S. The second kappa shape index (κ2) is 10.2. The zero-order chi connectivity index (χ0) is 27.0. The van der Waals surface area contributed by atoms with Crippen molar-refractivity contribution in [2.24, 2.45) is 4.99 Å². The predicted molar refractivity (Wildman–Crippen MR) is 154 cm³/mol. The van der Waals surface area contributed by atoms with Gasteiger partial charge >= 0.3 is 0 Å². The standard InChI is InChI=1S/C31H47NO2S/c1-28(2,3)21-15-20(26(33)23(16-21)30(7,8)9)19-32-13-14-35-25-18-22(29(4,5)6)17-24(27(25)34)31(10,11)12/h15-19,33-34H,13-14H2,1-12H3. The summed E-state index contributed by atoms with van der Waals surface area (Å²) in [4.78, 5) is 5.56. The molecule has 0 bridgehead atoms. The molecule has 2 aromatic carbocycles. The molecule has 0 aliphatic carbocycles. The number of hydrogen-bond donors (Lipinski definition) is 2. The van der Waals surface area contributed by atoms with Crippen LogP contribution in [-0.2, 0) is 21.7 Å². The molecule has 0 amide bonds. The van der Waals surface area contributed by atoms with Crippen LogP contribution in [0.2, 0.25) is 0 Å². The van der Waals surface area contributed by atoms with Crippen molar-refractivity contribution in [2.75, 3.05) is 12.3 Å². The summed E-state index contributed by atoms with van der Waals surface area (Å²) in [5.74, 6) is 1.43. The van der Waals surface area contributed by atoms with E-state index in [2.05, 4.69) is 112 Å². The Morgan fingerprint density at radius 2 is 1.11 bits per heavy atom. The lowest BCUT2D eigenvalue weighted by molar-refractivity contribution is 0.432. The maximum Gasteiger partial charge on any atom is 0.132 e. The Labute approximate surface area is 218 Å². The number of rotatable bonds is 5. The van der Waals surface area contributed by atoms with E-state index in [1.54, 1.807) is 18.0 Å². The van der Waals surface area contributed by atoms with Gasteiger partial charge in [-0.2, -0.15) is 0 Å². The Hall–Kier alpha value is -1.94. The van der Waals surface area contributed by atoms with Crippen LogP contribution in [0.15, 0.2) is 34.2 Å². The van der Waals surface area contributed by atoms with Gasteiger partial charge in [0.15, 0.2) is 0 Å². The van der Waals surface area contributed by atoms with Crippen LogP contribution >= 0.6 is 11.8 Å². The van der Waals surface area contributed by atoms with E-state index in [0.717, 1.165) is 27.3 Å². The molecule has 2 rings (SSSR count). The molecule has 2 aromatic rings. The lowest BCUT2D eigenvalue weighted by Gasteiger charge is -2.27. The number of benzene rings is 2. The maximum absolute atomic E-state index is 11.0. The number of phenolic OH excluding ortho intramolecular Hbond substituents is 2. The number of hydrogen-bond acceptors (Lipinski definition) is 4. The van der Waals surface area contributed by atoms with Gasteiger partial charge in [0.05, 0.1) is 0 Å². The number of aliphatic imine (C=N–C) groups is 1. The summed E-state index contributed by atoms with van der Waals surface area (Å²) in [7, 11) is 0. The molecule has 2 N–H and O–H groups in total. The van der Waals surface area contributed by atoms with Crippen molar-refractivity contribution < 1.29 is 10.2 Å². The molecule has 0 spiro atoms. The van der Waals surface area contributed by atoms with Crippen molar-refractivity contribution in [3.05, 3.63) is 52.1 Å². The molecule has 0 heterocycles. The molecule has 0 saturated carbocycles. The van der Waals surface area contributed by atoms with E-state index in [9.17, 15) is 10.2 Å². The van der Waals surface area contributed by atoms with Gasteiger partial charge < -0.3 is 10.2 Å².